The van der Waals surface area contributed by atoms with Gasteiger partial charge in [-0.2, -0.15) is 0 Å². The van der Waals surface area contributed by atoms with Gasteiger partial charge in [0.2, 0.25) is 0 Å². The number of benzene rings is 1. The van der Waals surface area contributed by atoms with Crippen LogP contribution < -0.4 is 5.32 Å². The third kappa shape index (κ3) is 5.07. The van der Waals surface area contributed by atoms with Gasteiger partial charge >= 0.3 is 5.97 Å². The Bertz CT molecular complexity index is 463. The molecule has 0 saturated carbocycles. The summed E-state index contributed by atoms with van der Waals surface area (Å²) in [4.78, 5) is 23.5. The molecule has 0 bridgehead atoms. The molecule has 0 aliphatic rings. The van der Waals surface area contributed by atoms with E-state index in [9.17, 15) is 14.0 Å². The van der Waals surface area contributed by atoms with E-state index in [-0.39, 0.29) is 5.56 Å². The highest BCUT2D eigenvalue weighted by molar-refractivity contribution is 5.96. The Kier molecular flexibility index (Phi) is 4.64. The second-order valence-corrected chi connectivity index (χ2v) is 5.24. The largest absolute Gasteiger partial charge is 0.458 e. The number of ether oxygens (including phenoxy) is 1. The van der Waals surface area contributed by atoms with Crippen LogP contribution in [0.4, 0.5) is 4.39 Å². The van der Waals surface area contributed by atoms with Gasteiger partial charge in [-0.1, -0.05) is 0 Å². The van der Waals surface area contributed by atoms with Gasteiger partial charge in [-0.05, 0) is 52.0 Å². The fourth-order valence-electron chi connectivity index (χ4n) is 1.33. The monoisotopic (exact) mass is 267 g/mol. The van der Waals surface area contributed by atoms with Gasteiger partial charge in [0.1, 0.15) is 17.5 Å². The van der Waals surface area contributed by atoms with Crippen molar-refractivity contribution in [2.24, 2.45) is 0 Å². The van der Waals surface area contributed by atoms with Gasteiger partial charge < -0.3 is 10.1 Å². The highest BCUT2D eigenvalue weighted by Crippen LogP contribution is 2.09. The molecule has 5 heteroatoms. The van der Waals surface area contributed by atoms with E-state index in [1.165, 1.54) is 31.2 Å². The Morgan fingerprint density at radius 1 is 1.21 bits per heavy atom. The molecule has 1 atom stereocenters. The molecule has 1 aromatic rings. The molecule has 0 spiro atoms. The van der Waals surface area contributed by atoms with Crippen molar-refractivity contribution >= 4 is 11.9 Å². The Labute approximate surface area is 112 Å². The summed E-state index contributed by atoms with van der Waals surface area (Å²) in [6, 6.07) is 4.32. The molecule has 104 valence electrons. The van der Waals surface area contributed by atoms with Crippen molar-refractivity contribution < 1.29 is 18.7 Å². The molecule has 0 aliphatic heterocycles. The minimum absolute atomic E-state index is 0.289. The average molecular weight is 267 g/mol. The fourth-order valence-corrected chi connectivity index (χ4v) is 1.33. The third-order valence-corrected chi connectivity index (χ3v) is 2.21. The molecule has 4 nitrogen and oxygen atoms in total. The predicted molar refractivity (Wildman–Crippen MR) is 69.2 cm³/mol. The van der Waals surface area contributed by atoms with Gasteiger partial charge in [-0.25, -0.2) is 9.18 Å². The van der Waals surface area contributed by atoms with Crippen LogP contribution in [0.3, 0.4) is 0 Å². The maximum atomic E-state index is 12.7. The second-order valence-electron chi connectivity index (χ2n) is 5.24. The highest BCUT2D eigenvalue weighted by atomic mass is 19.1. The highest BCUT2D eigenvalue weighted by Gasteiger charge is 2.23. The number of carbonyl (C=O) groups excluding carboxylic acids is 2. The van der Waals surface area contributed by atoms with E-state index < -0.39 is 29.3 Å². The number of nitrogens with one attached hydrogen (secondary N) is 1. The van der Waals surface area contributed by atoms with Crippen LogP contribution in [0.15, 0.2) is 24.3 Å². The second kappa shape index (κ2) is 5.82. The zero-order chi connectivity index (χ0) is 14.6. The van der Waals surface area contributed by atoms with E-state index >= 15 is 0 Å². The minimum Gasteiger partial charge on any atom is -0.458 e. The van der Waals surface area contributed by atoms with Crippen molar-refractivity contribution in [3.05, 3.63) is 35.6 Å². The molecule has 1 aromatic carbocycles. The maximum Gasteiger partial charge on any atom is 0.328 e. The van der Waals surface area contributed by atoms with Crippen molar-refractivity contribution in [2.75, 3.05) is 0 Å². The summed E-state index contributed by atoms with van der Waals surface area (Å²) in [5.41, 5.74) is -0.317. The molecule has 1 N–H and O–H groups in total. The molecule has 0 radical (unpaired) electrons. The standard InChI is InChI=1S/C14H18FNO3/c1-9(13(18)19-14(2,3)4)16-12(17)10-5-7-11(15)8-6-10/h5-9H,1-4H3,(H,16,17)/t9-/m1/s1. The first-order valence-electron chi connectivity index (χ1n) is 5.98. The first-order chi connectivity index (χ1) is 8.69. The lowest BCUT2D eigenvalue weighted by Crippen LogP contribution is -2.42. The van der Waals surface area contributed by atoms with E-state index in [0.717, 1.165) is 0 Å². The van der Waals surface area contributed by atoms with Crippen LogP contribution in [0.2, 0.25) is 0 Å². The fraction of sp³-hybridized carbons (Fsp3) is 0.429. The summed E-state index contributed by atoms with van der Waals surface area (Å²) in [6.45, 7) is 6.79. The van der Waals surface area contributed by atoms with E-state index in [4.69, 9.17) is 4.74 Å². The molecule has 1 amide bonds. The van der Waals surface area contributed by atoms with Gasteiger partial charge in [-0.3, -0.25) is 4.79 Å². The smallest absolute Gasteiger partial charge is 0.328 e. The Morgan fingerprint density at radius 3 is 2.21 bits per heavy atom. The van der Waals surface area contributed by atoms with Gasteiger partial charge in [0.25, 0.3) is 5.91 Å². The Balaban J connectivity index is 2.61. The molecule has 0 unspecified atom stereocenters. The number of hydrogen-bond acceptors (Lipinski definition) is 3. The molecular weight excluding hydrogens is 249 g/mol. The maximum absolute atomic E-state index is 12.7. The summed E-state index contributed by atoms with van der Waals surface area (Å²) in [5.74, 6) is -1.38. The van der Waals surface area contributed by atoms with Crippen LogP contribution in [-0.4, -0.2) is 23.5 Å². The number of halogens is 1. The number of hydrogen-bond donors (Lipinski definition) is 1. The van der Waals surface area contributed by atoms with Crippen molar-refractivity contribution in [2.45, 2.75) is 39.3 Å². The van der Waals surface area contributed by atoms with E-state index in [0.29, 0.717) is 0 Å². The average Bonchev–Trinajstić information content (AvgIpc) is 2.27. The quantitative estimate of drug-likeness (QED) is 0.855. The van der Waals surface area contributed by atoms with Gasteiger partial charge in [0.05, 0.1) is 0 Å². The van der Waals surface area contributed by atoms with Crippen LogP contribution in [-0.2, 0) is 9.53 Å². The van der Waals surface area contributed by atoms with E-state index in [1.807, 2.05) is 0 Å². The Hall–Kier alpha value is -1.91. The van der Waals surface area contributed by atoms with Crippen molar-refractivity contribution in [1.29, 1.82) is 0 Å². The first kappa shape index (κ1) is 15.1. The predicted octanol–water partition coefficient (Wildman–Crippen LogP) is 2.29. The number of amides is 1. The summed E-state index contributed by atoms with van der Waals surface area (Å²) >= 11 is 0. The normalized spacial score (nSPS) is 12.7. The number of esters is 1. The van der Waals surface area contributed by atoms with Crippen LogP contribution >= 0.6 is 0 Å². The SMILES string of the molecule is C[C@@H](NC(=O)c1ccc(F)cc1)C(=O)OC(C)(C)C. The third-order valence-electron chi connectivity index (χ3n) is 2.21. The Morgan fingerprint density at radius 2 is 1.74 bits per heavy atom. The van der Waals surface area contributed by atoms with Gasteiger partial charge in [-0.15, -0.1) is 0 Å². The van der Waals surface area contributed by atoms with Gasteiger partial charge in [0.15, 0.2) is 0 Å². The minimum atomic E-state index is -0.767. The summed E-state index contributed by atoms with van der Waals surface area (Å²) in [5, 5.41) is 2.50. The summed E-state index contributed by atoms with van der Waals surface area (Å²) in [6.07, 6.45) is 0. The molecule has 0 aliphatic carbocycles. The van der Waals surface area contributed by atoms with E-state index in [1.54, 1.807) is 20.8 Å². The number of rotatable bonds is 3. The molecule has 19 heavy (non-hydrogen) atoms. The lowest BCUT2D eigenvalue weighted by atomic mass is 10.2. The van der Waals surface area contributed by atoms with Crippen LogP contribution in [0, 0.1) is 5.82 Å². The zero-order valence-corrected chi connectivity index (χ0v) is 11.5. The number of carbonyl (C=O) groups is 2. The molecule has 0 aromatic heterocycles. The zero-order valence-electron chi connectivity index (χ0n) is 11.5. The summed E-state index contributed by atoms with van der Waals surface area (Å²) < 4.78 is 17.9. The molecular formula is C14H18FNO3. The van der Waals surface area contributed by atoms with Crippen molar-refractivity contribution in [3.8, 4) is 0 Å². The van der Waals surface area contributed by atoms with Crippen LogP contribution in [0.1, 0.15) is 38.1 Å². The van der Waals surface area contributed by atoms with Crippen LogP contribution in [0.25, 0.3) is 0 Å². The lowest BCUT2D eigenvalue weighted by Gasteiger charge is -2.22. The molecule has 1 rings (SSSR count). The van der Waals surface area contributed by atoms with Crippen molar-refractivity contribution in [3.63, 3.8) is 0 Å². The first-order valence-corrected chi connectivity index (χ1v) is 5.98. The van der Waals surface area contributed by atoms with Gasteiger partial charge in [0, 0.05) is 5.56 Å². The lowest BCUT2D eigenvalue weighted by molar-refractivity contribution is -0.156. The molecule has 0 fully saturated rings. The topological polar surface area (TPSA) is 55.4 Å². The van der Waals surface area contributed by atoms with E-state index in [2.05, 4.69) is 5.32 Å². The van der Waals surface area contributed by atoms with Crippen molar-refractivity contribution in [1.82, 2.24) is 5.32 Å². The van der Waals surface area contributed by atoms with Crippen LogP contribution in [0.5, 0.6) is 0 Å². The molecule has 0 saturated heterocycles. The molecule has 0 heterocycles. The summed E-state index contributed by atoms with van der Waals surface area (Å²) in [7, 11) is 0.